The van der Waals surface area contributed by atoms with E-state index in [2.05, 4.69) is 38.1 Å². The van der Waals surface area contributed by atoms with E-state index in [1.54, 1.807) is 12.1 Å². The van der Waals surface area contributed by atoms with Gasteiger partial charge in [-0.3, -0.25) is 14.5 Å². The second-order valence-electron chi connectivity index (χ2n) is 10.1. The van der Waals surface area contributed by atoms with Gasteiger partial charge >= 0.3 is 6.09 Å². The Kier molecular flexibility index (Phi) is 10.5. The van der Waals surface area contributed by atoms with E-state index in [-0.39, 0.29) is 31.2 Å². The van der Waals surface area contributed by atoms with Crippen LogP contribution in [0.1, 0.15) is 12.0 Å². The molecule has 4 N–H and O–H groups in total. The summed E-state index contributed by atoms with van der Waals surface area (Å²) >= 11 is 0. The first kappa shape index (κ1) is 30.7. The van der Waals surface area contributed by atoms with Gasteiger partial charge in [-0.15, -0.1) is 0 Å². The van der Waals surface area contributed by atoms with E-state index in [1.807, 2.05) is 30.3 Å². The maximum Gasteiger partial charge on any atom is 0.415 e. The molecule has 3 aliphatic heterocycles. The largest absolute Gasteiger partial charge is 0.483 e. The standard InChI is InChI=1S/C29H32N6O6.CH2O2/c36-26-18-39-24-7-8-25(33-28(24)34-26)35-16-21(41-29(35)37)9-10-30-14-19-3-1-4-20(13-19)23-5-2-6-27(32-23)40-17-22-15-31-11-12-38-22;2-1-3/h1-8,13,21-22,30-31H,9-12,14-18H2,(H,33,34,36);1H,(H,2,3)/t21-,22?;/m0./s1. The number of carbonyl (C=O) groups is 3. The van der Waals surface area contributed by atoms with E-state index in [1.165, 1.54) is 4.90 Å². The molecule has 5 heterocycles. The van der Waals surface area contributed by atoms with Gasteiger partial charge in [-0.25, -0.2) is 14.8 Å². The molecule has 3 aliphatic rings. The van der Waals surface area contributed by atoms with Crippen LogP contribution in [0.3, 0.4) is 0 Å². The number of aromatic nitrogens is 2. The van der Waals surface area contributed by atoms with E-state index >= 15 is 0 Å². The Balaban J connectivity index is 0.00000123. The van der Waals surface area contributed by atoms with Crippen molar-refractivity contribution in [1.82, 2.24) is 20.6 Å². The van der Waals surface area contributed by atoms with Crippen LogP contribution >= 0.6 is 0 Å². The number of nitrogens with one attached hydrogen (secondary N) is 3. The zero-order valence-corrected chi connectivity index (χ0v) is 23.9. The molecule has 14 heteroatoms. The van der Waals surface area contributed by atoms with Crippen LogP contribution in [0.15, 0.2) is 54.6 Å². The highest BCUT2D eigenvalue weighted by Crippen LogP contribution is 2.30. The quantitative estimate of drug-likeness (QED) is 0.196. The van der Waals surface area contributed by atoms with Crippen LogP contribution < -0.4 is 30.3 Å². The summed E-state index contributed by atoms with van der Waals surface area (Å²) in [6.07, 6.45) is -0.0564. The summed E-state index contributed by atoms with van der Waals surface area (Å²) < 4.78 is 22.5. The number of hydrogen-bond acceptors (Lipinski definition) is 11. The van der Waals surface area contributed by atoms with Crippen LogP contribution in [0.25, 0.3) is 11.3 Å². The number of pyridine rings is 2. The molecule has 2 fully saturated rings. The number of nitrogens with zero attached hydrogens (tertiary/aromatic N) is 3. The molecule has 44 heavy (non-hydrogen) atoms. The third-order valence-electron chi connectivity index (χ3n) is 6.95. The van der Waals surface area contributed by atoms with Crippen molar-refractivity contribution in [3.8, 4) is 22.9 Å². The van der Waals surface area contributed by atoms with Gasteiger partial charge < -0.3 is 40.0 Å². The van der Waals surface area contributed by atoms with Gasteiger partial charge in [-0.1, -0.05) is 24.3 Å². The zero-order chi connectivity index (χ0) is 30.7. The first-order valence-corrected chi connectivity index (χ1v) is 14.2. The number of fused-ring (bicyclic) bond motifs is 1. The summed E-state index contributed by atoms with van der Waals surface area (Å²) in [4.78, 5) is 43.0. The van der Waals surface area contributed by atoms with Gasteiger partial charge in [-0.2, -0.15) is 0 Å². The Morgan fingerprint density at radius 1 is 1.11 bits per heavy atom. The molecular formula is C30H34N6O8. The summed E-state index contributed by atoms with van der Waals surface area (Å²) in [5, 5.41) is 16.3. The van der Waals surface area contributed by atoms with Crippen LogP contribution in [0.5, 0.6) is 11.6 Å². The highest BCUT2D eigenvalue weighted by molar-refractivity contribution is 5.95. The lowest BCUT2D eigenvalue weighted by molar-refractivity contribution is -0.123. The van der Waals surface area contributed by atoms with Crippen molar-refractivity contribution < 1.29 is 38.4 Å². The number of carboxylic acid groups (broad SMARTS) is 1. The monoisotopic (exact) mass is 606 g/mol. The number of ether oxygens (including phenoxy) is 4. The minimum atomic E-state index is -0.458. The lowest BCUT2D eigenvalue weighted by Gasteiger charge is -2.23. The number of cyclic esters (lactones) is 1. The molecule has 0 spiro atoms. The van der Waals surface area contributed by atoms with E-state index in [0.29, 0.717) is 62.5 Å². The minimum absolute atomic E-state index is 0.0269. The normalized spacial score (nSPS) is 19.0. The topological polar surface area (TPSA) is 173 Å². The molecule has 1 aromatic carbocycles. The summed E-state index contributed by atoms with van der Waals surface area (Å²) in [7, 11) is 0. The fraction of sp³-hybridized carbons (Fsp3) is 0.367. The molecule has 0 bridgehead atoms. The van der Waals surface area contributed by atoms with Crippen molar-refractivity contribution in [1.29, 1.82) is 0 Å². The van der Waals surface area contributed by atoms with Gasteiger partial charge in [-0.05, 0) is 42.8 Å². The first-order valence-electron chi connectivity index (χ1n) is 14.2. The van der Waals surface area contributed by atoms with Crippen molar-refractivity contribution in [2.24, 2.45) is 0 Å². The molecule has 2 atom stereocenters. The molecule has 0 aliphatic carbocycles. The molecule has 0 saturated carbocycles. The SMILES string of the molecule is O=C1COc2ccc(N3C[C@H](CCNCc4cccc(-c5cccc(OCC6CNCCO6)n5)c4)OC3=O)nc2N1.O=CO. The predicted molar refractivity (Wildman–Crippen MR) is 159 cm³/mol. The zero-order valence-electron chi connectivity index (χ0n) is 23.9. The number of carbonyl (C=O) groups excluding carboxylic acids is 2. The van der Waals surface area contributed by atoms with Crippen molar-refractivity contribution in [3.05, 3.63) is 60.2 Å². The smallest absolute Gasteiger partial charge is 0.415 e. The van der Waals surface area contributed by atoms with Gasteiger partial charge in [0, 0.05) is 31.3 Å². The molecule has 2 amide bonds. The minimum Gasteiger partial charge on any atom is -0.483 e. The highest BCUT2D eigenvalue weighted by Gasteiger charge is 2.33. The third-order valence-corrected chi connectivity index (χ3v) is 6.95. The van der Waals surface area contributed by atoms with Crippen LogP contribution in [-0.2, 0) is 25.6 Å². The Labute approximate surface area is 253 Å². The molecule has 1 unspecified atom stereocenters. The molecule has 2 saturated heterocycles. The molecule has 232 valence electrons. The van der Waals surface area contributed by atoms with Crippen molar-refractivity contribution >= 4 is 30.1 Å². The Bertz CT molecular complexity index is 1450. The summed E-state index contributed by atoms with van der Waals surface area (Å²) in [6.45, 7) is 4.20. The second kappa shape index (κ2) is 15.1. The lowest BCUT2D eigenvalue weighted by atomic mass is 10.1. The molecule has 14 nitrogen and oxygen atoms in total. The summed E-state index contributed by atoms with van der Waals surface area (Å²) in [5.74, 6) is 1.49. The predicted octanol–water partition coefficient (Wildman–Crippen LogP) is 2.05. The van der Waals surface area contributed by atoms with E-state index in [9.17, 15) is 9.59 Å². The molecular weight excluding hydrogens is 572 g/mol. The number of anilines is 2. The molecule has 3 aromatic rings. The van der Waals surface area contributed by atoms with Crippen LogP contribution in [0.2, 0.25) is 0 Å². The molecule has 6 rings (SSSR count). The van der Waals surface area contributed by atoms with Gasteiger partial charge in [0.2, 0.25) is 5.88 Å². The van der Waals surface area contributed by atoms with Gasteiger partial charge in [0.05, 0.1) is 18.8 Å². The molecule has 0 radical (unpaired) electrons. The lowest BCUT2D eigenvalue weighted by Crippen LogP contribution is -2.41. The highest BCUT2D eigenvalue weighted by atomic mass is 16.6. The van der Waals surface area contributed by atoms with Crippen molar-refractivity contribution in [2.75, 3.05) is 56.2 Å². The second-order valence-corrected chi connectivity index (χ2v) is 10.1. The number of hydrogen-bond donors (Lipinski definition) is 4. The van der Waals surface area contributed by atoms with E-state index in [4.69, 9.17) is 28.8 Å². The third kappa shape index (κ3) is 8.18. The molecule has 2 aromatic heterocycles. The van der Waals surface area contributed by atoms with Gasteiger partial charge in [0.25, 0.3) is 12.4 Å². The van der Waals surface area contributed by atoms with E-state index < -0.39 is 6.09 Å². The Hall–Kier alpha value is -4.79. The first-order chi connectivity index (χ1) is 21.5. The van der Waals surface area contributed by atoms with Crippen LogP contribution in [0, 0.1) is 0 Å². The number of rotatable bonds is 10. The summed E-state index contributed by atoms with van der Waals surface area (Å²) in [6, 6.07) is 17.4. The fourth-order valence-electron chi connectivity index (χ4n) is 4.86. The van der Waals surface area contributed by atoms with Crippen LogP contribution in [-0.4, -0.2) is 91.8 Å². The Morgan fingerprint density at radius 2 is 1.98 bits per heavy atom. The van der Waals surface area contributed by atoms with Gasteiger partial charge in [0.15, 0.2) is 18.2 Å². The number of benzene rings is 1. The average molecular weight is 607 g/mol. The van der Waals surface area contributed by atoms with E-state index in [0.717, 1.165) is 29.9 Å². The average Bonchev–Trinajstić information content (AvgIpc) is 3.43. The fourth-order valence-corrected chi connectivity index (χ4v) is 4.86. The maximum atomic E-state index is 12.5. The van der Waals surface area contributed by atoms with Gasteiger partial charge in [0.1, 0.15) is 24.6 Å². The van der Waals surface area contributed by atoms with Crippen molar-refractivity contribution in [3.63, 3.8) is 0 Å². The Morgan fingerprint density at radius 3 is 2.82 bits per heavy atom. The maximum absolute atomic E-state index is 12.5. The van der Waals surface area contributed by atoms with Crippen LogP contribution in [0.4, 0.5) is 16.4 Å². The van der Waals surface area contributed by atoms with Crippen molar-refractivity contribution in [2.45, 2.75) is 25.2 Å². The summed E-state index contributed by atoms with van der Waals surface area (Å²) in [5.41, 5.74) is 2.96. The number of morpholine rings is 1. The number of amides is 2.